The monoisotopic (exact) mass is 281 g/mol. The quantitative estimate of drug-likeness (QED) is 0.426. The molecule has 0 amide bonds. The Morgan fingerprint density at radius 2 is 2.05 bits per heavy atom. The molecule has 0 aliphatic heterocycles. The predicted molar refractivity (Wildman–Crippen MR) is 83.3 cm³/mol. The zero-order chi connectivity index (χ0) is 14.3. The number of rotatable bonds is 6. The molecule has 19 heavy (non-hydrogen) atoms. The molecule has 0 spiro atoms. The van der Waals surface area contributed by atoms with Gasteiger partial charge in [-0.05, 0) is 49.3 Å². The van der Waals surface area contributed by atoms with Crippen LogP contribution in [-0.4, -0.2) is 19.6 Å². The molecular weight excluding hydrogens is 258 g/mol. The van der Waals surface area contributed by atoms with Crippen LogP contribution in [-0.2, 0) is 12.8 Å². The lowest BCUT2D eigenvalue weighted by atomic mass is 10.0. The van der Waals surface area contributed by atoms with Gasteiger partial charge in [-0.1, -0.05) is 30.7 Å². The number of nitrogens with one attached hydrogen (secondary N) is 3. The van der Waals surface area contributed by atoms with Gasteiger partial charge in [0.2, 0.25) is 0 Å². The Labute approximate surface area is 121 Å². The van der Waals surface area contributed by atoms with E-state index in [-0.39, 0.29) is 0 Å². The number of benzene rings is 1. The first-order valence-corrected chi connectivity index (χ1v) is 7.24. The van der Waals surface area contributed by atoms with E-state index in [4.69, 9.17) is 17.0 Å². The summed E-state index contributed by atoms with van der Waals surface area (Å²) in [6.07, 6.45) is 4.23. The smallest absolute Gasteiger partial charge is 0.188 e. The molecule has 0 radical (unpaired) electrons. The van der Waals surface area contributed by atoms with Gasteiger partial charge in [-0.2, -0.15) is 0 Å². The summed E-state index contributed by atoms with van der Waals surface area (Å²) < 4.78 is 0. The van der Waals surface area contributed by atoms with Gasteiger partial charge in [-0.25, -0.2) is 0 Å². The van der Waals surface area contributed by atoms with Crippen molar-refractivity contribution in [1.82, 2.24) is 10.6 Å². The number of guanidine groups is 1. The van der Waals surface area contributed by atoms with E-state index in [2.05, 4.69) is 36.6 Å². The molecular formula is C15H24ClN3. The summed E-state index contributed by atoms with van der Waals surface area (Å²) in [4.78, 5) is 0. The number of halogens is 1. The zero-order valence-corrected chi connectivity index (χ0v) is 12.8. The average Bonchev–Trinajstić information content (AvgIpc) is 2.41. The standard InChI is InChI=1S/C15H24ClN3/c1-4-13-10-12(9-11(2)14(13)16)7-5-6-8-19-15(17)18-3/h9-10H,4-8H2,1-3H3,(H3,17,18,19). The van der Waals surface area contributed by atoms with Gasteiger partial charge in [-0.15, -0.1) is 0 Å². The number of hydrogen-bond donors (Lipinski definition) is 3. The molecule has 0 aliphatic carbocycles. The van der Waals surface area contributed by atoms with Crippen molar-refractivity contribution in [3.8, 4) is 0 Å². The Morgan fingerprint density at radius 3 is 2.68 bits per heavy atom. The van der Waals surface area contributed by atoms with Crippen LogP contribution in [0.2, 0.25) is 5.02 Å². The average molecular weight is 282 g/mol. The lowest BCUT2D eigenvalue weighted by molar-refractivity contribution is 0.699. The molecule has 106 valence electrons. The molecule has 0 unspecified atom stereocenters. The highest BCUT2D eigenvalue weighted by Gasteiger charge is 2.04. The molecule has 0 saturated heterocycles. The van der Waals surface area contributed by atoms with E-state index in [1.807, 2.05) is 0 Å². The van der Waals surface area contributed by atoms with Crippen molar-refractivity contribution in [3.05, 3.63) is 33.8 Å². The molecule has 0 heterocycles. The van der Waals surface area contributed by atoms with Crippen LogP contribution in [0.15, 0.2) is 12.1 Å². The van der Waals surface area contributed by atoms with Crippen LogP contribution < -0.4 is 10.6 Å². The molecule has 4 heteroatoms. The highest BCUT2D eigenvalue weighted by Crippen LogP contribution is 2.24. The fourth-order valence-corrected chi connectivity index (χ4v) is 2.32. The maximum Gasteiger partial charge on any atom is 0.188 e. The predicted octanol–water partition coefficient (Wildman–Crippen LogP) is 3.28. The zero-order valence-electron chi connectivity index (χ0n) is 12.1. The minimum absolute atomic E-state index is 0.385. The van der Waals surface area contributed by atoms with Crippen LogP contribution in [0.4, 0.5) is 0 Å². The highest BCUT2D eigenvalue weighted by atomic mass is 35.5. The van der Waals surface area contributed by atoms with Crippen LogP contribution >= 0.6 is 11.6 Å². The van der Waals surface area contributed by atoms with Crippen LogP contribution in [0.5, 0.6) is 0 Å². The van der Waals surface area contributed by atoms with E-state index in [1.54, 1.807) is 7.05 Å². The Kier molecular flexibility index (Phi) is 6.71. The lowest BCUT2D eigenvalue weighted by Crippen LogP contribution is -2.34. The van der Waals surface area contributed by atoms with Crippen LogP contribution in [0.25, 0.3) is 0 Å². The van der Waals surface area contributed by atoms with E-state index >= 15 is 0 Å². The van der Waals surface area contributed by atoms with Gasteiger partial charge >= 0.3 is 0 Å². The molecule has 0 fully saturated rings. The summed E-state index contributed by atoms with van der Waals surface area (Å²) in [6.45, 7) is 5.05. The Hall–Kier alpha value is -1.22. The van der Waals surface area contributed by atoms with E-state index in [1.165, 1.54) is 16.7 Å². The van der Waals surface area contributed by atoms with Gasteiger partial charge in [0.25, 0.3) is 0 Å². The van der Waals surface area contributed by atoms with E-state index in [0.717, 1.165) is 37.3 Å². The Bertz CT molecular complexity index is 430. The number of unbranched alkanes of at least 4 members (excludes halogenated alkanes) is 1. The summed E-state index contributed by atoms with van der Waals surface area (Å²) in [7, 11) is 1.75. The van der Waals surface area contributed by atoms with Crippen molar-refractivity contribution in [3.63, 3.8) is 0 Å². The summed E-state index contributed by atoms with van der Waals surface area (Å²) in [5.74, 6) is 0.385. The molecule has 3 N–H and O–H groups in total. The van der Waals surface area contributed by atoms with Crippen molar-refractivity contribution in [2.24, 2.45) is 0 Å². The molecule has 0 aliphatic rings. The third-order valence-corrected chi connectivity index (χ3v) is 3.76. The minimum atomic E-state index is 0.385. The SMILES string of the molecule is CCc1cc(CCCCNC(=N)NC)cc(C)c1Cl. The third-order valence-electron chi connectivity index (χ3n) is 3.21. The van der Waals surface area contributed by atoms with E-state index in [9.17, 15) is 0 Å². The van der Waals surface area contributed by atoms with Crippen molar-refractivity contribution >= 4 is 17.6 Å². The summed E-state index contributed by atoms with van der Waals surface area (Å²) in [6, 6.07) is 4.41. The number of aryl methyl sites for hydroxylation is 3. The van der Waals surface area contributed by atoms with Crippen LogP contribution in [0, 0.1) is 12.3 Å². The second-order valence-corrected chi connectivity index (χ2v) is 5.13. The van der Waals surface area contributed by atoms with Crippen LogP contribution in [0.3, 0.4) is 0 Å². The summed E-state index contributed by atoms with van der Waals surface area (Å²) >= 11 is 6.26. The maximum atomic E-state index is 7.40. The minimum Gasteiger partial charge on any atom is -0.360 e. The third kappa shape index (κ3) is 5.11. The number of hydrogen-bond acceptors (Lipinski definition) is 1. The summed E-state index contributed by atoms with van der Waals surface area (Å²) in [5.41, 5.74) is 3.78. The van der Waals surface area contributed by atoms with Gasteiger partial charge in [0.15, 0.2) is 5.96 Å². The first-order chi connectivity index (χ1) is 9.08. The molecule has 0 bridgehead atoms. The maximum absolute atomic E-state index is 7.40. The fraction of sp³-hybridized carbons (Fsp3) is 0.533. The molecule has 1 aromatic carbocycles. The fourth-order valence-electron chi connectivity index (χ4n) is 2.08. The molecule has 0 atom stereocenters. The van der Waals surface area contributed by atoms with Gasteiger partial charge in [0.1, 0.15) is 0 Å². The van der Waals surface area contributed by atoms with Crippen molar-refractivity contribution in [2.45, 2.75) is 39.5 Å². The van der Waals surface area contributed by atoms with E-state index in [0.29, 0.717) is 5.96 Å². The van der Waals surface area contributed by atoms with Crippen LogP contribution in [0.1, 0.15) is 36.5 Å². The second-order valence-electron chi connectivity index (χ2n) is 4.75. The first kappa shape index (κ1) is 15.8. The van der Waals surface area contributed by atoms with Crippen molar-refractivity contribution in [2.75, 3.05) is 13.6 Å². The second kappa shape index (κ2) is 8.05. The molecule has 0 saturated carbocycles. The molecule has 0 aromatic heterocycles. The molecule has 1 aromatic rings. The van der Waals surface area contributed by atoms with Gasteiger partial charge in [-0.3, -0.25) is 5.41 Å². The van der Waals surface area contributed by atoms with Gasteiger partial charge in [0, 0.05) is 18.6 Å². The van der Waals surface area contributed by atoms with E-state index < -0.39 is 0 Å². The lowest BCUT2D eigenvalue weighted by Gasteiger charge is -2.10. The highest BCUT2D eigenvalue weighted by molar-refractivity contribution is 6.32. The van der Waals surface area contributed by atoms with Gasteiger partial charge < -0.3 is 10.6 Å². The summed E-state index contributed by atoms with van der Waals surface area (Å²) in [5, 5.41) is 14.1. The van der Waals surface area contributed by atoms with Crippen molar-refractivity contribution < 1.29 is 0 Å². The molecule has 1 rings (SSSR count). The Balaban J connectivity index is 2.41. The Morgan fingerprint density at radius 1 is 1.32 bits per heavy atom. The van der Waals surface area contributed by atoms with Gasteiger partial charge in [0.05, 0.1) is 0 Å². The topological polar surface area (TPSA) is 47.9 Å². The normalized spacial score (nSPS) is 10.3. The van der Waals surface area contributed by atoms with Crippen molar-refractivity contribution in [1.29, 1.82) is 5.41 Å². The molecule has 3 nitrogen and oxygen atoms in total. The largest absolute Gasteiger partial charge is 0.360 e. The first-order valence-electron chi connectivity index (χ1n) is 6.86.